The summed E-state index contributed by atoms with van der Waals surface area (Å²) in [6.45, 7) is 3.25. The van der Waals surface area contributed by atoms with Crippen molar-refractivity contribution in [1.82, 2.24) is 20.4 Å². The number of nitrogens with one attached hydrogen (secondary N) is 1. The molecule has 0 aromatic carbocycles. The van der Waals surface area contributed by atoms with Crippen LogP contribution in [0.3, 0.4) is 0 Å². The summed E-state index contributed by atoms with van der Waals surface area (Å²) >= 11 is 0. The lowest BCUT2D eigenvalue weighted by atomic mass is 10.0. The van der Waals surface area contributed by atoms with Crippen molar-refractivity contribution in [2.24, 2.45) is 0 Å². The lowest BCUT2D eigenvalue weighted by molar-refractivity contribution is 0.185. The summed E-state index contributed by atoms with van der Waals surface area (Å²) in [7, 11) is 1.91. The molecule has 0 radical (unpaired) electrons. The molecule has 1 saturated heterocycles. The third-order valence-electron chi connectivity index (χ3n) is 3.43. The van der Waals surface area contributed by atoms with Gasteiger partial charge in [-0.3, -0.25) is 4.98 Å². The van der Waals surface area contributed by atoms with Crippen LogP contribution in [-0.2, 0) is 4.74 Å². The van der Waals surface area contributed by atoms with E-state index in [9.17, 15) is 0 Å². The molecule has 0 aliphatic carbocycles. The molecule has 2 unspecified atom stereocenters. The lowest BCUT2D eigenvalue weighted by Crippen LogP contribution is -2.31. The Balaban J connectivity index is 1.90. The fourth-order valence-corrected chi connectivity index (χ4v) is 2.28. The SMILES string of the molecule is CNC1COCC1c1nc(-c2ncccc2C)no1. The van der Waals surface area contributed by atoms with Gasteiger partial charge < -0.3 is 14.6 Å². The molecule has 2 atom stereocenters. The molecule has 6 nitrogen and oxygen atoms in total. The van der Waals surface area contributed by atoms with Gasteiger partial charge in [-0.2, -0.15) is 4.98 Å². The van der Waals surface area contributed by atoms with Crippen LogP contribution in [0.4, 0.5) is 0 Å². The molecule has 3 heterocycles. The number of aryl methyl sites for hydroxylation is 1. The number of rotatable bonds is 3. The lowest BCUT2D eigenvalue weighted by Gasteiger charge is -2.11. The predicted octanol–water partition coefficient (Wildman–Crippen LogP) is 1.14. The normalized spacial score (nSPS) is 22.8. The van der Waals surface area contributed by atoms with Gasteiger partial charge in [-0.15, -0.1) is 0 Å². The fraction of sp³-hybridized carbons (Fsp3) is 0.462. The van der Waals surface area contributed by atoms with E-state index >= 15 is 0 Å². The largest absolute Gasteiger partial charge is 0.379 e. The summed E-state index contributed by atoms with van der Waals surface area (Å²) in [5.74, 6) is 1.25. The Morgan fingerprint density at radius 1 is 1.37 bits per heavy atom. The van der Waals surface area contributed by atoms with E-state index in [0.717, 1.165) is 11.3 Å². The first-order valence-corrected chi connectivity index (χ1v) is 6.30. The van der Waals surface area contributed by atoms with Gasteiger partial charge in [0.1, 0.15) is 5.69 Å². The zero-order chi connectivity index (χ0) is 13.2. The first-order valence-electron chi connectivity index (χ1n) is 6.30. The number of ether oxygens (including phenoxy) is 1. The zero-order valence-electron chi connectivity index (χ0n) is 11.0. The van der Waals surface area contributed by atoms with Crippen molar-refractivity contribution in [2.75, 3.05) is 20.3 Å². The summed E-state index contributed by atoms with van der Waals surface area (Å²) in [6, 6.07) is 4.09. The molecule has 0 saturated carbocycles. The van der Waals surface area contributed by atoms with Crippen molar-refractivity contribution in [3.63, 3.8) is 0 Å². The van der Waals surface area contributed by atoms with Gasteiger partial charge in [0.2, 0.25) is 11.7 Å². The minimum atomic E-state index is 0.107. The van der Waals surface area contributed by atoms with E-state index < -0.39 is 0 Å². The topological polar surface area (TPSA) is 73.1 Å². The highest BCUT2D eigenvalue weighted by Gasteiger charge is 2.33. The van der Waals surface area contributed by atoms with Gasteiger partial charge in [-0.05, 0) is 25.6 Å². The summed E-state index contributed by atoms with van der Waals surface area (Å²) < 4.78 is 10.8. The summed E-state index contributed by atoms with van der Waals surface area (Å²) in [4.78, 5) is 8.76. The van der Waals surface area contributed by atoms with Crippen LogP contribution in [0.2, 0.25) is 0 Å². The van der Waals surface area contributed by atoms with Crippen molar-refractivity contribution >= 4 is 0 Å². The highest BCUT2D eigenvalue weighted by Crippen LogP contribution is 2.26. The van der Waals surface area contributed by atoms with Crippen LogP contribution >= 0.6 is 0 Å². The van der Waals surface area contributed by atoms with Crippen LogP contribution in [0.1, 0.15) is 17.4 Å². The third kappa shape index (κ3) is 2.24. The van der Waals surface area contributed by atoms with Crippen molar-refractivity contribution in [3.05, 3.63) is 29.8 Å². The molecule has 100 valence electrons. The Labute approximate surface area is 111 Å². The molecule has 19 heavy (non-hydrogen) atoms. The Morgan fingerprint density at radius 2 is 2.26 bits per heavy atom. The van der Waals surface area contributed by atoms with E-state index in [-0.39, 0.29) is 12.0 Å². The number of pyridine rings is 1. The molecule has 2 aromatic rings. The van der Waals surface area contributed by atoms with E-state index in [0.29, 0.717) is 24.9 Å². The Morgan fingerprint density at radius 3 is 3.05 bits per heavy atom. The number of likely N-dealkylation sites (N-methyl/N-ethyl adjacent to an activating group) is 1. The molecule has 1 N–H and O–H groups in total. The van der Waals surface area contributed by atoms with E-state index in [4.69, 9.17) is 9.26 Å². The maximum atomic E-state index is 5.45. The maximum Gasteiger partial charge on any atom is 0.234 e. The molecule has 2 aromatic heterocycles. The highest BCUT2D eigenvalue weighted by atomic mass is 16.5. The van der Waals surface area contributed by atoms with Crippen LogP contribution in [0.25, 0.3) is 11.5 Å². The average Bonchev–Trinajstić information content (AvgIpc) is 3.07. The van der Waals surface area contributed by atoms with Crippen molar-refractivity contribution in [3.8, 4) is 11.5 Å². The first-order chi connectivity index (χ1) is 9.29. The Kier molecular flexibility index (Phi) is 3.27. The number of hydrogen-bond acceptors (Lipinski definition) is 6. The monoisotopic (exact) mass is 260 g/mol. The molecule has 0 bridgehead atoms. The van der Waals surface area contributed by atoms with Crippen LogP contribution in [0, 0.1) is 6.92 Å². The van der Waals surface area contributed by atoms with Gasteiger partial charge in [0, 0.05) is 12.2 Å². The fourth-order valence-electron chi connectivity index (χ4n) is 2.28. The second-order valence-electron chi connectivity index (χ2n) is 4.66. The van der Waals surface area contributed by atoms with Crippen molar-refractivity contribution < 1.29 is 9.26 Å². The molecule has 0 amide bonds. The smallest absolute Gasteiger partial charge is 0.234 e. The van der Waals surface area contributed by atoms with E-state index in [1.165, 1.54) is 0 Å². The van der Waals surface area contributed by atoms with Crippen molar-refractivity contribution in [2.45, 2.75) is 18.9 Å². The molecule has 1 aliphatic rings. The van der Waals surface area contributed by atoms with Gasteiger partial charge in [-0.25, -0.2) is 0 Å². The molecule has 1 aliphatic heterocycles. The summed E-state index contributed by atoms with van der Waals surface area (Å²) in [5, 5.41) is 7.23. The Hall–Kier alpha value is -1.79. The maximum absolute atomic E-state index is 5.45. The van der Waals surface area contributed by atoms with Gasteiger partial charge in [-0.1, -0.05) is 11.2 Å². The van der Waals surface area contributed by atoms with Gasteiger partial charge in [0.15, 0.2) is 0 Å². The number of hydrogen-bond donors (Lipinski definition) is 1. The minimum Gasteiger partial charge on any atom is -0.379 e. The average molecular weight is 260 g/mol. The van der Waals surface area contributed by atoms with Gasteiger partial charge in [0.05, 0.1) is 19.1 Å². The zero-order valence-corrected chi connectivity index (χ0v) is 11.0. The molecule has 0 spiro atoms. The third-order valence-corrected chi connectivity index (χ3v) is 3.43. The number of nitrogens with zero attached hydrogens (tertiary/aromatic N) is 3. The van der Waals surface area contributed by atoms with E-state index in [2.05, 4.69) is 20.4 Å². The van der Waals surface area contributed by atoms with Crippen LogP contribution < -0.4 is 5.32 Å². The molecule has 1 fully saturated rings. The van der Waals surface area contributed by atoms with Gasteiger partial charge >= 0.3 is 0 Å². The highest BCUT2D eigenvalue weighted by molar-refractivity contribution is 5.53. The predicted molar refractivity (Wildman–Crippen MR) is 68.7 cm³/mol. The summed E-state index contributed by atoms with van der Waals surface area (Å²) in [5.41, 5.74) is 1.79. The quantitative estimate of drug-likeness (QED) is 0.892. The minimum absolute atomic E-state index is 0.107. The number of aromatic nitrogens is 3. The van der Waals surface area contributed by atoms with Gasteiger partial charge in [0.25, 0.3) is 0 Å². The van der Waals surface area contributed by atoms with Crippen LogP contribution in [0.15, 0.2) is 22.9 Å². The molecular formula is C13H16N4O2. The van der Waals surface area contributed by atoms with E-state index in [1.807, 2.05) is 26.1 Å². The molecule has 6 heteroatoms. The van der Waals surface area contributed by atoms with Crippen LogP contribution in [-0.4, -0.2) is 41.4 Å². The molecule has 3 rings (SSSR count). The van der Waals surface area contributed by atoms with E-state index in [1.54, 1.807) is 6.20 Å². The van der Waals surface area contributed by atoms with Crippen molar-refractivity contribution in [1.29, 1.82) is 0 Å². The standard InChI is InChI=1S/C13H16N4O2/c1-8-4-3-5-15-11(8)12-16-13(19-17-12)9-6-18-7-10(9)14-2/h3-5,9-10,14H,6-7H2,1-2H3. The van der Waals surface area contributed by atoms with Crippen LogP contribution in [0.5, 0.6) is 0 Å². The second kappa shape index (κ2) is 5.07. The first kappa shape index (κ1) is 12.3. The second-order valence-corrected chi connectivity index (χ2v) is 4.66. The molecular weight excluding hydrogens is 244 g/mol. The summed E-state index contributed by atoms with van der Waals surface area (Å²) in [6.07, 6.45) is 1.73. The Bertz CT molecular complexity index is 569.